The maximum Gasteiger partial charge on any atom is 0.0967 e. The lowest BCUT2D eigenvalue weighted by molar-refractivity contribution is 0.121. The fourth-order valence-corrected chi connectivity index (χ4v) is 2.48. The summed E-state index contributed by atoms with van der Waals surface area (Å²) in [5.74, 6) is 0. The first-order valence-corrected chi connectivity index (χ1v) is 6.01. The number of rotatable bonds is 3. The van der Waals surface area contributed by atoms with E-state index in [1.54, 1.807) is 4.80 Å². The lowest BCUT2D eigenvalue weighted by Gasteiger charge is -2.37. The maximum absolute atomic E-state index is 6.03. The molecule has 0 saturated carbocycles. The Bertz CT molecular complexity index is 338. The van der Waals surface area contributed by atoms with E-state index in [9.17, 15) is 0 Å². The van der Waals surface area contributed by atoms with Gasteiger partial charge in [-0.3, -0.25) is 4.90 Å². The van der Waals surface area contributed by atoms with Gasteiger partial charge >= 0.3 is 0 Å². The van der Waals surface area contributed by atoms with E-state index in [2.05, 4.69) is 22.0 Å². The number of piperidine rings is 1. The molecule has 98 valence electrons. The van der Waals surface area contributed by atoms with E-state index in [-0.39, 0.29) is 18.4 Å². The van der Waals surface area contributed by atoms with E-state index in [0.29, 0.717) is 6.04 Å². The van der Waals surface area contributed by atoms with Crippen LogP contribution in [0.5, 0.6) is 0 Å². The normalized spacial score (nSPS) is 23.1. The summed E-state index contributed by atoms with van der Waals surface area (Å²) in [6.07, 6.45) is 5.61. The predicted molar refractivity (Wildman–Crippen MR) is 69.9 cm³/mol. The monoisotopic (exact) mass is 259 g/mol. The van der Waals surface area contributed by atoms with Crippen molar-refractivity contribution in [3.63, 3.8) is 0 Å². The second-order valence-corrected chi connectivity index (χ2v) is 4.72. The largest absolute Gasteiger partial charge is 0.327 e. The summed E-state index contributed by atoms with van der Waals surface area (Å²) in [5.41, 5.74) is 7.07. The van der Waals surface area contributed by atoms with Crippen LogP contribution in [0.15, 0.2) is 6.20 Å². The summed E-state index contributed by atoms with van der Waals surface area (Å²) in [7, 11) is 1.85. The average Bonchev–Trinajstić information content (AvgIpc) is 2.64. The first-order valence-electron chi connectivity index (χ1n) is 6.01. The van der Waals surface area contributed by atoms with Crippen LogP contribution in [0.1, 0.15) is 31.9 Å². The van der Waals surface area contributed by atoms with Gasteiger partial charge < -0.3 is 5.73 Å². The number of aryl methyl sites for hydroxylation is 1. The second kappa shape index (κ2) is 6.33. The third-order valence-electron chi connectivity index (χ3n) is 3.28. The Hall–Kier alpha value is -0.650. The van der Waals surface area contributed by atoms with E-state index in [0.717, 1.165) is 18.8 Å². The molecule has 1 fully saturated rings. The van der Waals surface area contributed by atoms with Crippen molar-refractivity contribution >= 4 is 12.4 Å². The van der Waals surface area contributed by atoms with Gasteiger partial charge in [-0.1, -0.05) is 6.42 Å². The third kappa shape index (κ3) is 3.66. The van der Waals surface area contributed by atoms with Crippen molar-refractivity contribution in [3.05, 3.63) is 11.9 Å². The van der Waals surface area contributed by atoms with Gasteiger partial charge in [-0.05, 0) is 26.3 Å². The van der Waals surface area contributed by atoms with Crippen molar-refractivity contribution in [2.24, 2.45) is 12.8 Å². The molecule has 0 bridgehead atoms. The molecule has 2 N–H and O–H groups in total. The first kappa shape index (κ1) is 14.4. The minimum atomic E-state index is 0. The average molecular weight is 260 g/mol. The molecule has 2 rings (SSSR count). The Morgan fingerprint density at radius 3 is 2.88 bits per heavy atom. The Kier molecular flexibility index (Phi) is 5.36. The van der Waals surface area contributed by atoms with E-state index in [1.165, 1.54) is 19.3 Å². The highest BCUT2D eigenvalue weighted by Gasteiger charge is 2.25. The molecule has 1 aromatic rings. The summed E-state index contributed by atoms with van der Waals surface area (Å²) < 4.78 is 0. The van der Waals surface area contributed by atoms with Gasteiger partial charge in [0.05, 0.1) is 11.9 Å². The molecule has 2 heterocycles. The quantitative estimate of drug-likeness (QED) is 0.878. The zero-order valence-corrected chi connectivity index (χ0v) is 11.4. The van der Waals surface area contributed by atoms with Gasteiger partial charge in [0.15, 0.2) is 0 Å². The van der Waals surface area contributed by atoms with Gasteiger partial charge in [-0.25, -0.2) is 0 Å². The molecule has 0 radical (unpaired) electrons. The number of nitrogens with two attached hydrogens (primary N) is 1. The number of nitrogens with zero attached hydrogens (tertiary/aromatic N) is 4. The molecule has 2 unspecified atom stereocenters. The standard InChI is InChI=1S/C11H21N5.ClH/c1-9(12)11-5-3-4-6-16(11)8-10-7-13-15(2)14-10;/h7,9,11H,3-6,8,12H2,1-2H3;1H. The van der Waals surface area contributed by atoms with Crippen molar-refractivity contribution in [1.29, 1.82) is 0 Å². The van der Waals surface area contributed by atoms with Crippen molar-refractivity contribution in [2.75, 3.05) is 6.54 Å². The number of hydrogen-bond acceptors (Lipinski definition) is 4. The molecule has 2 atom stereocenters. The lowest BCUT2D eigenvalue weighted by atomic mass is 9.97. The van der Waals surface area contributed by atoms with Crippen LogP contribution in [0.25, 0.3) is 0 Å². The van der Waals surface area contributed by atoms with Gasteiger partial charge in [0.2, 0.25) is 0 Å². The molecule has 6 heteroatoms. The maximum atomic E-state index is 6.03. The molecule has 0 amide bonds. The molecule has 1 aliphatic rings. The molecule has 0 spiro atoms. The molecule has 1 saturated heterocycles. The second-order valence-electron chi connectivity index (χ2n) is 4.72. The lowest BCUT2D eigenvalue weighted by Crippen LogP contribution is -2.48. The molecule has 1 aliphatic heterocycles. The van der Waals surface area contributed by atoms with Gasteiger partial charge in [-0.15, -0.1) is 12.4 Å². The highest BCUT2D eigenvalue weighted by atomic mass is 35.5. The van der Waals surface area contributed by atoms with Crippen molar-refractivity contribution in [2.45, 2.75) is 44.8 Å². The van der Waals surface area contributed by atoms with Crippen LogP contribution < -0.4 is 5.73 Å². The number of halogens is 1. The van der Waals surface area contributed by atoms with E-state index in [1.807, 2.05) is 13.2 Å². The molecule has 1 aromatic heterocycles. The Morgan fingerprint density at radius 1 is 1.53 bits per heavy atom. The fraction of sp³-hybridized carbons (Fsp3) is 0.818. The van der Waals surface area contributed by atoms with Gasteiger partial charge in [0, 0.05) is 25.7 Å². The van der Waals surface area contributed by atoms with E-state index < -0.39 is 0 Å². The molecule has 0 aliphatic carbocycles. The molecule has 0 aromatic carbocycles. The summed E-state index contributed by atoms with van der Waals surface area (Å²) in [5, 5.41) is 8.42. The Morgan fingerprint density at radius 2 is 2.29 bits per heavy atom. The summed E-state index contributed by atoms with van der Waals surface area (Å²) in [6, 6.07) is 0.729. The van der Waals surface area contributed by atoms with Crippen LogP contribution in [0.4, 0.5) is 0 Å². The van der Waals surface area contributed by atoms with E-state index >= 15 is 0 Å². The first-order chi connectivity index (χ1) is 7.66. The van der Waals surface area contributed by atoms with E-state index in [4.69, 9.17) is 5.73 Å². The van der Waals surface area contributed by atoms with Crippen LogP contribution in [0, 0.1) is 0 Å². The van der Waals surface area contributed by atoms with Gasteiger partial charge in [0.1, 0.15) is 0 Å². The van der Waals surface area contributed by atoms with Crippen molar-refractivity contribution in [3.8, 4) is 0 Å². The SMILES string of the molecule is CC(N)C1CCCCN1Cc1cnn(C)n1.Cl. The predicted octanol–water partition coefficient (Wildman–Crippen LogP) is 0.939. The number of aromatic nitrogens is 3. The van der Waals surface area contributed by atoms with Crippen LogP contribution in [-0.4, -0.2) is 38.5 Å². The highest BCUT2D eigenvalue weighted by Crippen LogP contribution is 2.20. The minimum Gasteiger partial charge on any atom is -0.327 e. The smallest absolute Gasteiger partial charge is 0.0967 e. The van der Waals surface area contributed by atoms with Gasteiger partial charge in [0.25, 0.3) is 0 Å². The Labute approximate surface area is 109 Å². The number of hydrogen-bond donors (Lipinski definition) is 1. The van der Waals surface area contributed by atoms with Crippen LogP contribution in [-0.2, 0) is 13.6 Å². The minimum absolute atomic E-state index is 0. The third-order valence-corrected chi connectivity index (χ3v) is 3.28. The molecule has 17 heavy (non-hydrogen) atoms. The number of likely N-dealkylation sites (tertiary alicyclic amines) is 1. The summed E-state index contributed by atoms with van der Waals surface area (Å²) >= 11 is 0. The topological polar surface area (TPSA) is 60.0 Å². The zero-order chi connectivity index (χ0) is 11.5. The fourth-order valence-electron chi connectivity index (χ4n) is 2.48. The van der Waals surface area contributed by atoms with Gasteiger partial charge in [-0.2, -0.15) is 15.0 Å². The van der Waals surface area contributed by atoms with Crippen LogP contribution in [0.2, 0.25) is 0 Å². The summed E-state index contributed by atoms with van der Waals surface area (Å²) in [4.78, 5) is 4.05. The van der Waals surface area contributed by atoms with Crippen molar-refractivity contribution in [1.82, 2.24) is 19.9 Å². The molecular formula is C11H22ClN5. The van der Waals surface area contributed by atoms with Crippen molar-refractivity contribution < 1.29 is 0 Å². The summed E-state index contributed by atoms with van der Waals surface area (Å²) in [6.45, 7) is 4.10. The highest BCUT2D eigenvalue weighted by molar-refractivity contribution is 5.85. The van der Waals surface area contributed by atoms with Crippen LogP contribution >= 0.6 is 12.4 Å². The Balaban J connectivity index is 0.00000144. The molecule has 5 nitrogen and oxygen atoms in total. The zero-order valence-electron chi connectivity index (χ0n) is 10.5. The molecular weight excluding hydrogens is 238 g/mol. The van der Waals surface area contributed by atoms with Crippen LogP contribution in [0.3, 0.4) is 0 Å².